The van der Waals surface area contributed by atoms with E-state index >= 15 is 0 Å². The molecule has 0 amide bonds. The number of aliphatic imine (C=N–C) groups is 1. The van der Waals surface area contributed by atoms with Gasteiger partial charge in [0, 0.05) is 17.4 Å². The van der Waals surface area contributed by atoms with E-state index in [-0.39, 0.29) is 50.1 Å². The number of benzene rings is 2. The van der Waals surface area contributed by atoms with Crippen molar-refractivity contribution in [2.45, 2.75) is 171 Å². The first kappa shape index (κ1) is 48.9. The van der Waals surface area contributed by atoms with Crippen molar-refractivity contribution >= 4 is 39.7 Å². The number of aromatic nitrogens is 3. The molecule has 2 aromatic carbocycles. The summed E-state index contributed by atoms with van der Waals surface area (Å²) < 4.78 is 46.5. The molecule has 1 aliphatic rings. The summed E-state index contributed by atoms with van der Waals surface area (Å²) in [6.45, 7) is 34.9. The van der Waals surface area contributed by atoms with E-state index in [1.807, 2.05) is 31.2 Å². The van der Waals surface area contributed by atoms with Crippen molar-refractivity contribution in [3.8, 4) is 17.1 Å². The first-order chi connectivity index (χ1) is 28.8. The zero-order valence-electron chi connectivity index (χ0n) is 40.4. The highest BCUT2D eigenvalue weighted by atomic mass is 32.2. The van der Waals surface area contributed by atoms with Crippen molar-refractivity contribution in [3.63, 3.8) is 0 Å². The molecule has 10 nitrogen and oxygen atoms in total. The minimum atomic E-state index is -4.13. The van der Waals surface area contributed by atoms with Crippen LogP contribution in [0.5, 0.6) is 5.75 Å². The number of aromatic amines is 1. The Balaban J connectivity index is 1.47. The van der Waals surface area contributed by atoms with E-state index in [1.165, 1.54) is 19.3 Å². The number of nitrogens with zero attached hydrogens (tertiary/aromatic N) is 3. The van der Waals surface area contributed by atoms with Crippen LogP contribution in [0, 0.1) is 40.9 Å². The summed E-state index contributed by atoms with van der Waals surface area (Å²) in [4.78, 5) is 23.6. The molecule has 0 bridgehead atoms. The van der Waals surface area contributed by atoms with Crippen LogP contribution >= 0.6 is 0 Å². The Kier molecular flexibility index (Phi) is 14.9. The fraction of sp³-hybridized carbons (Fsp3) is 0.627. The number of H-pyrrole nitrogens is 1. The summed E-state index contributed by atoms with van der Waals surface area (Å²) in [5.41, 5.74) is 3.29. The number of aryl methyl sites for hydroxylation is 1. The largest absolute Gasteiger partial charge is 0.492 e. The molecule has 1 saturated carbocycles. The second kappa shape index (κ2) is 18.9. The molecule has 4 aromatic rings. The average Bonchev–Trinajstić information content (AvgIpc) is 3.72. The number of ether oxygens (including phenoxy) is 2. The number of hydrogen-bond donors (Lipinski definition) is 2. The lowest BCUT2D eigenvalue weighted by Crippen LogP contribution is -2.49. The lowest BCUT2D eigenvalue weighted by atomic mass is 9.59. The zero-order chi connectivity index (χ0) is 46.0. The van der Waals surface area contributed by atoms with Gasteiger partial charge in [-0.05, 0) is 96.2 Å². The van der Waals surface area contributed by atoms with Crippen molar-refractivity contribution in [2.24, 2.45) is 39.0 Å². The predicted octanol–water partition coefficient (Wildman–Crippen LogP) is 13.5. The Bertz CT molecular complexity index is 2280. The van der Waals surface area contributed by atoms with Gasteiger partial charge in [0.25, 0.3) is 10.0 Å². The Labute approximate surface area is 373 Å². The van der Waals surface area contributed by atoms with Crippen LogP contribution in [0.1, 0.15) is 169 Å². The highest BCUT2D eigenvalue weighted by Crippen LogP contribution is 2.50. The zero-order valence-corrected chi connectivity index (χ0v) is 41.2. The third-order valence-electron chi connectivity index (χ3n) is 12.8. The molecule has 5 rings (SSSR count). The molecule has 0 saturated heterocycles. The SMILES string of the molecule is C=Nc1cn2[nH]c(-c3ccc(C)c(NS(=O)(=O)c4cc(C(C)(C)CC(C)(C)C)ccc4OCCCCCCCC)c3)nc2c1C(=O)OC1C(C(C)(C)C)CC(C)CC1C(C)(C)C. The summed E-state index contributed by atoms with van der Waals surface area (Å²) in [6.07, 6.45) is 10.9. The van der Waals surface area contributed by atoms with E-state index in [1.54, 1.807) is 22.8 Å². The second-order valence-electron chi connectivity index (χ2n) is 22.2. The maximum atomic E-state index is 14.5. The molecule has 2 aromatic heterocycles. The number of rotatable bonds is 17. The number of unbranched alkanes of at least 4 members (excludes halogenated alkanes) is 5. The lowest BCUT2D eigenvalue weighted by Gasteiger charge is -2.50. The Hall–Kier alpha value is -4.12. The maximum Gasteiger partial charge on any atom is 0.344 e. The summed E-state index contributed by atoms with van der Waals surface area (Å²) in [5, 5.41) is 3.29. The smallest absolute Gasteiger partial charge is 0.344 e. The maximum absolute atomic E-state index is 14.5. The molecule has 1 fully saturated rings. The Morgan fingerprint density at radius 1 is 0.919 bits per heavy atom. The monoisotopic (exact) mass is 872 g/mol. The lowest BCUT2D eigenvalue weighted by molar-refractivity contribution is -0.0922. The number of carbonyl (C=O) groups excluding carboxylic acids is 1. The second-order valence-corrected chi connectivity index (χ2v) is 23.9. The van der Waals surface area contributed by atoms with E-state index in [0.717, 1.165) is 49.7 Å². The Morgan fingerprint density at radius 3 is 2.15 bits per heavy atom. The quantitative estimate of drug-likeness (QED) is 0.0618. The molecular weight excluding hydrogens is 795 g/mol. The van der Waals surface area contributed by atoms with Crippen LogP contribution in [0.25, 0.3) is 17.0 Å². The van der Waals surface area contributed by atoms with E-state index in [9.17, 15) is 13.2 Å². The van der Waals surface area contributed by atoms with Gasteiger partial charge in [-0.3, -0.25) is 14.8 Å². The molecule has 11 heteroatoms. The van der Waals surface area contributed by atoms with Gasteiger partial charge in [0.15, 0.2) is 11.5 Å². The van der Waals surface area contributed by atoms with E-state index in [0.29, 0.717) is 46.7 Å². The average molecular weight is 872 g/mol. The van der Waals surface area contributed by atoms with Crippen LogP contribution in [0.4, 0.5) is 11.4 Å². The van der Waals surface area contributed by atoms with Crippen LogP contribution in [0.3, 0.4) is 0 Å². The van der Waals surface area contributed by atoms with Gasteiger partial charge in [0.05, 0.1) is 24.2 Å². The molecule has 62 heavy (non-hydrogen) atoms. The summed E-state index contributed by atoms with van der Waals surface area (Å²) in [7, 11) is -4.13. The minimum Gasteiger partial charge on any atom is -0.492 e. The van der Waals surface area contributed by atoms with E-state index < -0.39 is 16.0 Å². The number of sulfonamides is 1. The first-order valence-electron chi connectivity index (χ1n) is 23.0. The topological polar surface area (TPSA) is 127 Å². The van der Waals surface area contributed by atoms with E-state index in [4.69, 9.17) is 14.5 Å². The summed E-state index contributed by atoms with van der Waals surface area (Å²) in [6, 6.07) is 11.1. The third kappa shape index (κ3) is 11.7. The minimum absolute atomic E-state index is 0.0346. The van der Waals surface area contributed by atoms with Gasteiger partial charge in [-0.25, -0.2) is 22.7 Å². The van der Waals surface area contributed by atoms with Crippen LogP contribution in [0.2, 0.25) is 0 Å². The highest BCUT2D eigenvalue weighted by Gasteiger charge is 2.48. The summed E-state index contributed by atoms with van der Waals surface area (Å²) >= 11 is 0. The fourth-order valence-electron chi connectivity index (χ4n) is 9.75. The molecular formula is C51H77N5O5S. The molecule has 2 N–H and O–H groups in total. The van der Waals surface area contributed by atoms with Crippen LogP contribution in [-0.4, -0.2) is 48.4 Å². The summed E-state index contributed by atoms with van der Waals surface area (Å²) in [5.74, 6) is 1.17. The van der Waals surface area contributed by atoms with Crippen molar-refractivity contribution in [1.29, 1.82) is 0 Å². The number of nitrogens with one attached hydrogen (secondary N) is 2. The molecule has 0 aliphatic heterocycles. The van der Waals surface area contributed by atoms with Gasteiger partial charge in [-0.15, -0.1) is 0 Å². The standard InChI is InChI=1S/C51H77N5O5S/c1-16-17-18-19-20-21-26-60-41-25-24-36(51(13,14)32-48(4,5)6)30-42(41)62(58,59)55-39-29-35(23-22-34(39)3)45-53-46-43(40(52-15)31-56(46)54-45)47(57)61-44-37(49(7,8)9)27-33(2)28-38(44)50(10,11)12/h22-25,29-31,33,37-38,44,55H,15-21,26-28,32H2,1-14H3,(H,53,54). The predicted molar refractivity (Wildman–Crippen MR) is 256 cm³/mol. The molecule has 2 atom stereocenters. The number of carbonyl (C=O) groups is 1. The highest BCUT2D eigenvalue weighted by molar-refractivity contribution is 7.92. The van der Waals surface area contributed by atoms with Gasteiger partial charge in [0.2, 0.25) is 0 Å². The molecule has 2 unspecified atom stereocenters. The molecule has 1 aliphatic carbocycles. The van der Waals surface area contributed by atoms with Crippen molar-refractivity contribution in [3.05, 3.63) is 59.3 Å². The van der Waals surface area contributed by atoms with Crippen LogP contribution in [-0.2, 0) is 20.2 Å². The number of fused-ring (bicyclic) bond motifs is 1. The third-order valence-corrected chi connectivity index (χ3v) is 14.2. The first-order valence-corrected chi connectivity index (χ1v) is 24.4. The number of anilines is 1. The fourth-order valence-corrected chi connectivity index (χ4v) is 11.0. The molecule has 0 radical (unpaired) electrons. The molecule has 342 valence electrons. The van der Waals surface area contributed by atoms with E-state index in [2.05, 4.69) is 112 Å². The number of hydrogen-bond acceptors (Lipinski definition) is 7. The van der Waals surface area contributed by atoms with Gasteiger partial charge >= 0.3 is 5.97 Å². The van der Waals surface area contributed by atoms with Crippen molar-refractivity contribution in [1.82, 2.24) is 14.6 Å². The van der Waals surface area contributed by atoms with Crippen LogP contribution < -0.4 is 9.46 Å². The van der Waals surface area contributed by atoms with Gasteiger partial charge in [-0.1, -0.05) is 140 Å². The van der Waals surface area contributed by atoms with Crippen molar-refractivity contribution in [2.75, 3.05) is 11.3 Å². The van der Waals surface area contributed by atoms with Gasteiger partial charge in [0.1, 0.15) is 22.3 Å². The number of esters is 1. The van der Waals surface area contributed by atoms with Crippen molar-refractivity contribution < 1.29 is 22.7 Å². The van der Waals surface area contributed by atoms with Gasteiger partial charge < -0.3 is 9.47 Å². The van der Waals surface area contributed by atoms with Gasteiger partial charge in [-0.2, -0.15) is 0 Å². The Morgan fingerprint density at radius 2 is 1.55 bits per heavy atom. The molecule has 0 spiro atoms. The normalized spacial score (nSPS) is 19.1. The molecule has 2 heterocycles. The van der Waals surface area contributed by atoms with Crippen LogP contribution in [0.15, 0.2) is 52.5 Å².